The molecule has 0 unspecified atom stereocenters. The van der Waals surface area contributed by atoms with Crippen LogP contribution < -0.4 is 0 Å². The van der Waals surface area contributed by atoms with Gasteiger partial charge in [0.15, 0.2) is 0 Å². The third-order valence-electron chi connectivity index (χ3n) is 6.71. The minimum atomic E-state index is -1.23. The average Bonchev–Trinajstić information content (AvgIpc) is 3.22. The lowest BCUT2D eigenvalue weighted by Crippen LogP contribution is -2.04. The lowest BCUT2D eigenvalue weighted by Gasteiger charge is -2.22. The molecule has 5 aromatic carbocycles. The van der Waals surface area contributed by atoms with Crippen molar-refractivity contribution in [2.24, 2.45) is 0 Å². The summed E-state index contributed by atoms with van der Waals surface area (Å²) in [5, 5.41) is 0. The maximum Gasteiger partial charge on any atom is 0.136 e. The van der Waals surface area contributed by atoms with Crippen LogP contribution in [0.15, 0.2) is 84.9 Å². The molecule has 1 aliphatic carbocycles. The summed E-state index contributed by atoms with van der Waals surface area (Å²) >= 11 is 0. The SMILES string of the molecule is Fc1cc(F)c(-c2c(-c3ccccc3)cc3c(c2-c2c(F)cc(F)cc2F)Cc2ccccc2-3)c(F)c1. The van der Waals surface area contributed by atoms with E-state index < -0.39 is 46.0 Å². The Bertz CT molecular complexity index is 1660. The Hall–Kier alpha value is -4.32. The minimum Gasteiger partial charge on any atom is -0.207 e. The van der Waals surface area contributed by atoms with E-state index in [2.05, 4.69) is 0 Å². The summed E-state index contributed by atoms with van der Waals surface area (Å²) in [6.45, 7) is 0. The van der Waals surface area contributed by atoms with Crippen molar-refractivity contribution in [1.82, 2.24) is 0 Å². The molecule has 1 aliphatic rings. The molecule has 0 nitrogen and oxygen atoms in total. The van der Waals surface area contributed by atoms with Crippen molar-refractivity contribution in [1.29, 1.82) is 0 Å². The van der Waals surface area contributed by atoms with Crippen LogP contribution in [0, 0.1) is 34.9 Å². The van der Waals surface area contributed by atoms with Crippen molar-refractivity contribution in [3.8, 4) is 44.5 Å². The predicted octanol–water partition coefficient (Wildman–Crippen LogP) is 9.09. The summed E-state index contributed by atoms with van der Waals surface area (Å²) in [6.07, 6.45) is 0.226. The summed E-state index contributed by atoms with van der Waals surface area (Å²) in [7, 11) is 0. The zero-order chi connectivity index (χ0) is 25.8. The summed E-state index contributed by atoms with van der Waals surface area (Å²) in [5.41, 5.74) is 2.07. The van der Waals surface area contributed by atoms with E-state index in [-0.39, 0.29) is 17.5 Å². The van der Waals surface area contributed by atoms with Gasteiger partial charge < -0.3 is 0 Å². The van der Waals surface area contributed by atoms with E-state index in [0.29, 0.717) is 46.5 Å². The van der Waals surface area contributed by atoms with Crippen LogP contribution in [0.1, 0.15) is 11.1 Å². The third-order valence-corrected chi connectivity index (χ3v) is 6.71. The Morgan fingerprint density at radius 2 is 0.946 bits per heavy atom. The van der Waals surface area contributed by atoms with E-state index in [9.17, 15) is 8.78 Å². The molecule has 6 heteroatoms. The molecule has 182 valence electrons. The van der Waals surface area contributed by atoms with E-state index in [1.54, 1.807) is 36.4 Å². The highest BCUT2D eigenvalue weighted by Crippen LogP contribution is 2.52. The van der Waals surface area contributed by atoms with Gasteiger partial charge >= 0.3 is 0 Å². The summed E-state index contributed by atoms with van der Waals surface area (Å²) in [5.74, 6) is -7.15. The molecular weight excluding hydrogens is 486 g/mol. The number of halogens is 6. The fraction of sp³-hybridized carbons (Fsp3) is 0.0323. The van der Waals surface area contributed by atoms with E-state index in [1.807, 2.05) is 24.3 Å². The molecule has 37 heavy (non-hydrogen) atoms. The van der Waals surface area contributed by atoms with Crippen molar-refractivity contribution in [2.45, 2.75) is 6.42 Å². The van der Waals surface area contributed by atoms with E-state index in [1.165, 1.54) is 0 Å². The summed E-state index contributed by atoms with van der Waals surface area (Å²) in [4.78, 5) is 0. The van der Waals surface area contributed by atoms with Crippen LogP contribution in [0.4, 0.5) is 26.3 Å². The van der Waals surface area contributed by atoms with Crippen LogP contribution in [-0.2, 0) is 6.42 Å². The van der Waals surface area contributed by atoms with Crippen molar-refractivity contribution >= 4 is 0 Å². The predicted molar refractivity (Wildman–Crippen MR) is 131 cm³/mol. The monoisotopic (exact) mass is 502 g/mol. The van der Waals surface area contributed by atoms with Crippen molar-refractivity contribution in [3.63, 3.8) is 0 Å². The lowest BCUT2D eigenvalue weighted by atomic mass is 9.81. The normalized spacial score (nSPS) is 11.9. The third kappa shape index (κ3) is 3.71. The fourth-order valence-electron chi connectivity index (χ4n) is 5.22. The highest BCUT2D eigenvalue weighted by atomic mass is 19.2. The zero-order valence-corrected chi connectivity index (χ0v) is 19.1. The Morgan fingerprint density at radius 1 is 0.432 bits per heavy atom. The molecule has 6 rings (SSSR count). The van der Waals surface area contributed by atoms with Crippen LogP contribution in [0.2, 0.25) is 0 Å². The van der Waals surface area contributed by atoms with Crippen molar-refractivity contribution in [2.75, 3.05) is 0 Å². The van der Waals surface area contributed by atoms with Crippen LogP contribution in [-0.4, -0.2) is 0 Å². The van der Waals surface area contributed by atoms with Crippen LogP contribution in [0.25, 0.3) is 44.5 Å². The molecule has 0 amide bonds. The topological polar surface area (TPSA) is 0 Å². The standard InChI is InChI=1S/C31H16F6/c32-18-11-24(34)30(25(35)12-18)28-21(16-6-2-1-3-7-16)15-22-20-9-5-4-8-17(20)10-23(22)29(28)31-26(36)13-19(33)14-27(31)37/h1-9,11-15H,10H2. The molecule has 0 fully saturated rings. The molecule has 0 aromatic heterocycles. The van der Waals surface area contributed by atoms with Gasteiger partial charge in [-0.2, -0.15) is 0 Å². The number of rotatable bonds is 3. The summed E-state index contributed by atoms with van der Waals surface area (Å²) in [6, 6.07) is 19.8. The number of fused-ring (bicyclic) bond motifs is 3. The Kier molecular flexibility index (Phi) is 5.41. The number of hydrogen-bond acceptors (Lipinski definition) is 0. The number of benzene rings is 5. The van der Waals surface area contributed by atoms with Crippen LogP contribution >= 0.6 is 0 Å². The highest BCUT2D eigenvalue weighted by Gasteiger charge is 2.32. The maximum absolute atomic E-state index is 15.4. The smallest absolute Gasteiger partial charge is 0.136 e. The van der Waals surface area contributed by atoms with E-state index in [4.69, 9.17) is 0 Å². The van der Waals surface area contributed by atoms with Crippen molar-refractivity contribution < 1.29 is 26.3 Å². The minimum absolute atomic E-state index is 0.105. The maximum atomic E-state index is 15.4. The molecule has 0 atom stereocenters. The Morgan fingerprint density at radius 3 is 1.54 bits per heavy atom. The first-order valence-corrected chi connectivity index (χ1v) is 11.5. The largest absolute Gasteiger partial charge is 0.207 e. The lowest BCUT2D eigenvalue weighted by molar-refractivity contribution is 0.545. The highest BCUT2D eigenvalue weighted by molar-refractivity contribution is 6.02. The first-order valence-electron chi connectivity index (χ1n) is 11.5. The molecule has 0 aliphatic heterocycles. The molecule has 0 bridgehead atoms. The van der Waals surface area contributed by atoms with E-state index in [0.717, 1.165) is 11.1 Å². The molecular formula is C31H16F6. The van der Waals surface area contributed by atoms with Gasteiger partial charge in [0.05, 0.1) is 11.1 Å². The van der Waals surface area contributed by atoms with Gasteiger partial charge in [-0.1, -0.05) is 54.6 Å². The molecule has 0 spiro atoms. The molecule has 0 N–H and O–H groups in total. The van der Waals surface area contributed by atoms with Gasteiger partial charge in [-0.05, 0) is 45.9 Å². The van der Waals surface area contributed by atoms with Gasteiger partial charge in [0.2, 0.25) is 0 Å². The molecule has 0 saturated heterocycles. The average molecular weight is 502 g/mol. The zero-order valence-electron chi connectivity index (χ0n) is 19.1. The fourth-order valence-corrected chi connectivity index (χ4v) is 5.22. The van der Waals surface area contributed by atoms with E-state index >= 15 is 17.6 Å². The quantitative estimate of drug-likeness (QED) is 0.212. The first-order chi connectivity index (χ1) is 17.8. The van der Waals surface area contributed by atoms with Gasteiger partial charge in [-0.15, -0.1) is 0 Å². The van der Waals surface area contributed by atoms with Gasteiger partial charge in [-0.25, -0.2) is 26.3 Å². The second-order valence-electron chi connectivity index (χ2n) is 8.89. The molecule has 0 saturated carbocycles. The van der Waals surface area contributed by atoms with Gasteiger partial charge in [0.25, 0.3) is 0 Å². The van der Waals surface area contributed by atoms with Crippen LogP contribution in [0.3, 0.4) is 0 Å². The molecule has 5 aromatic rings. The molecule has 0 heterocycles. The second-order valence-corrected chi connectivity index (χ2v) is 8.89. The Labute approximate surface area is 208 Å². The number of hydrogen-bond donors (Lipinski definition) is 0. The first kappa shape index (κ1) is 23.1. The summed E-state index contributed by atoms with van der Waals surface area (Å²) < 4.78 is 89.2. The van der Waals surface area contributed by atoms with Crippen molar-refractivity contribution in [3.05, 3.63) is 131 Å². The molecule has 0 radical (unpaired) electrons. The van der Waals surface area contributed by atoms with Crippen LogP contribution in [0.5, 0.6) is 0 Å². The van der Waals surface area contributed by atoms with Gasteiger partial charge in [0.1, 0.15) is 34.9 Å². The van der Waals surface area contributed by atoms with Gasteiger partial charge in [-0.3, -0.25) is 0 Å². The van der Waals surface area contributed by atoms with Gasteiger partial charge in [0, 0.05) is 35.4 Å². The Balaban J connectivity index is 1.85. The second kappa shape index (κ2) is 8.66.